The van der Waals surface area contributed by atoms with Crippen molar-refractivity contribution in [2.45, 2.75) is 6.10 Å². The topological polar surface area (TPSA) is 45.1 Å². The van der Waals surface area contributed by atoms with Gasteiger partial charge in [-0.15, -0.1) is 0 Å². The highest BCUT2D eigenvalue weighted by Gasteiger charge is 2.06. The summed E-state index contributed by atoms with van der Waals surface area (Å²) in [6, 6.07) is 9.72. The van der Waals surface area contributed by atoms with Gasteiger partial charge in [-0.25, -0.2) is 0 Å². The predicted octanol–water partition coefficient (Wildman–Crippen LogP) is 1.49. The summed E-state index contributed by atoms with van der Waals surface area (Å²) in [7, 11) is 1.83. The van der Waals surface area contributed by atoms with Gasteiger partial charge in [0, 0.05) is 18.1 Å². The van der Waals surface area contributed by atoms with E-state index in [2.05, 4.69) is 10.3 Å². The van der Waals surface area contributed by atoms with Crippen LogP contribution in [0, 0.1) is 0 Å². The molecule has 0 fully saturated rings. The van der Waals surface area contributed by atoms with Crippen molar-refractivity contribution in [1.29, 1.82) is 0 Å². The SMILES string of the molecule is CNCC(O)c1ccc2ncccc2c1. The van der Waals surface area contributed by atoms with Crippen molar-refractivity contribution in [1.82, 2.24) is 10.3 Å². The van der Waals surface area contributed by atoms with E-state index in [-0.39, 0.29) is 0 Å². The van der Waals surface area contributed by atoms with Gasteiger partial charge in [0.15, 0.2) is 0 Å². The lowest BCUT2D eigenvalue weighted by Crippen LogP contribution is -2.16. The Morgan fingerprint density at radius 2 is 2.27 bits per heavy atom. The molecule has 0 saturated carbocycles. The normalized spacial score (nSPS) is 12.9. The Bertz CT molecular complexity index is 456. The van der Waals surface area contributed by atoms with Crippen LogP contribution in [0.5, 0.6) is 0 Å². The smallest absolute Gasteiger partial charge is 0.0914 e. The Balaban J connectivity index is 2.38. The van der Waals surface area contributed by atoms with Crippen LogP contribution in [-0.4, -0.2) is 23.7 Å². The van der Waals surface area contributed by atoms with E-state index in [0.29, 0.717) is 6.54 Å². The summed E-state index contributed by atoms with van der Waals surface area (Å²) in [5.41, 5.74) is 1.88. The molecule has 1 unspecified atom stereocenters. The second kappa shape index (κ2) is 4.38. The van der Waals surface area contributed by atoms with Gasteiger partial charge >= 0.3 is 0 Å². The molecule has 0 spiro atoms. The number of aliphatic hydroxyl groups is 1. The fourth-order valence-electron chi connectivity index (χ4n) is 1.61. The number of aromatic nitrogens is 1. The van der Waals surface area contributed by atoms with Gasteiger partial charge in [-0.05, 0) is 30.8 Å². The minimum atomic E-state index is -0.459. The van der Waals surface area contributed by atoms with E-state index in [1.54, 1.807) is 6.20 Å². The average Bonchev–Trinajstić information content (AvgIpc) is 2.29. The zero-order valence-corrected chi connectivity index (χ0v) is 8.64. The van der Waals surface area contributed by atoms with Crippen molar-refractivity contribution in [3.8, 4) is 0 Å². The van der Waals surface area contributed by atoms with Crippen LogP contribution < -0.4 is 5.32 Å². The Labute approximate surface area is 88.8 Å². The van der Waals surface area contributed by atoms with Crippen molar-refractivity contribution in [2.75, 3.05) is 13.6 Å². The molecule has 1 aromatic carbocycles. The molecule has 3 nitrogen and oxygen atoms in total. The van der Waals surface area contributed by atoms with Crippen molar-refractivity contribution in [3.05, 3.63) is 42.1 Å². The number of hydrogen-bond acceptors (Lipinski definition) is 3. The van der Waals surface area contributed by atoms with Crippen molar-refractivity contribution in [2.24, 2.45) is 0 Å². The molecule has 1 heterocycles. The first-order valence-corrected chi connectivity index (χ1v) is 4.98. The van der Waals surface area contributed by atoms with Gasteiger partial charge in [-0.1, -0.05) is 12.1 Å². The fraction of sp³-hybridized carbons (Fsp3) is 0.250. The molecule has 1 aromatic heterocycles. The summed E-state index contributed by atoms with van der Waals surface area (Å²) in [5.74, 6) is 0. The van der Waals surface area contributed by atoms with E-state index in [1.807, 2.05) is 37.4 Å². The highest BCUT2D eigenvalue weighted by Crippen LogP contribution is 2.18. The predicted molar refractivity (Wildman–Crippen MR) is 60.6 cm³/mol. The number of benzene rings is 1. The van der Waals surface area contributed by atoms with Crippen molar-refractivity contribution in [3.63, 3.8) is 0 Å². The van der Waals surface area contributed by atoms with Crippen LogP contribution in [-0.2, 0) is 0 Å². The Kier molecular flexibility index (Phi) is 2.94. The molecular formula is C12H14N2O. The van der Waals surface area contributed by atoms with Crippen LogP contribution in [0.4, 0.5) is 0 Å². The third-order valence-electron chi connectivity index (χ3n) is 2.41. The fourth-order valence-corrected chi connectivity index (χ4v) is 1.61. The molecule has 15 heavy (non-hydrogen) atoms. The van der Waals surface area contributed by atoms with Crippen LogP contribution in [0.15, 0.2) is 36.5 Å². The van der Waals surface area contributed by atoms with E-state index in [4.69, 9.17) is 0 Å². The molecule has 0 saturated heterocycles. The summed E-state index contributed by atoms with van der Waals surface area (Å²) in [6.45, 7) is 0.561. The molecular weight excluding hydrogens is 188 g/mol. The number of likely N-dealkylation sites (N-methyl/N-ethyl adjacent to an activating group) is 1. The molecule has 2 aromatic rings. The van der Waals surface area contributed by atoms with Gasteiger partial charge in [0.1, 0.15) is 0 Å². The quantitative estimate of drug-likeness (QED) is 0.792. The summed E-state index contributed by atoms with van der Waals surface area (Å²) >= 11 is 0. The van der Waals surface area contributed by atoms with Gasteiger partial charge in [0.2, 0.25) is 0 Å². The number of rotatable bonds is 3. The minimum absolute atomic E-state index is 0.459. The summed E-state index contributed by atoms with van der Waals surface area (Å²) < 4.78 is 0. The van der Waals surface area contributed by atoms with Crippen LogP contribution in [0.1, 0.15) is 11.7 Å². The third kappa shape index (κ3) is 2.14. The lowest BCUT2D eigenvalue weighted by Gasteiger charge is -2.10. The molecule has 1 atom stereocenters. The maximum Gasteiger partial charge on any atom is 0.0914 e. The molecule has 2 rings (SSSR count). The van der Waals surface area contributed by atoms with Gasteiger partial charge in [-0.3, -0.25) is 4.98 Å². The van der Waals surface area contributed by atoms with Gasteiger partial charge in [0.05, 0.1) is 11.6 Å². The second-order valence-corrected chi connectivity index (χ2v) is 3.53. The summed E-state index contributed by atoms with van der Waals surface area (Å²) in [5, 5.41) is 13.8. The maximum absolute atomic E-state index is 9.80. The summed E-state index contributed by atoms with van der Waals surface area (Å²) in [4.78, 5) is 4.23. The van der Waals surface area contributed by atoms with Crippen LogP contribution in [0.2, 0.25) is 0 Å². The number of aliphatic hydroxyl groups excluding tert-OH is 1. The Morgan fingerprint density at radius 1 is 1.40 bits per heavy atom. The lowest BCUT2D eigenvalue weighted by molar-refractivity contribution is 0.178. The second-order valence-electron chi connectivity index (χ2n) is 3.53. The van der Waals surface area contributed by atoms with Crippen LogP contribution in [0.3, 0.4) is 0 Å². The van der Waals surface area contributed by atoms with E-state index >= 15 is 0 Å². The average molecular weight is 202 g/mol. The van der Waals surface area contributed by atoms with E-state index in [0.717, 1.165) is 16.5 Å². The van der Waals surface area contributed by atoms with Crippen LogP contribution >= 0.6 is 0 Å². The third-order valence-corrected chi connectivity index (χ3v) is 2.41. The van der Waals surface area contributed by atoms with Gasteiger partial charge < -0.3 is 10.4 Å². The van der Waals surface area contributed by atoms with Crippen molar-refractivity contribution < 1.29 is 5.11 Å². The first-order valence-electron chi connectivity index (χ1n) is 4.98. The van der Waals surface area contributed by atoms with Crippen molar-refractivity contribution >= 4 is 10.9 Å². The van der Waals surface area contributed by atoms with E-state index < -0.39 is 6.10 Å². The molecule has 0 bridgehead atoms. The van der Waals surface area contributed by atoms with E-state index in [1.165, 1.54) is 0 Å². The minimum Gasteiger partial charge on any atom is -0.387 e. The largest absolute Gasteiger partial charge is 0.387 e. The first-order chi connectivity index (χ1) is 7.31. The highest BCUT2D eigenvalue weighted by molar-refractivity contribution is 5.78. The molecule has 0 radical (unpaired) electrons. The number of nitrogens with one attached hydrogen (secondary N) is 1. The maximum atomic E-state index is 9.80. The van der Waals surface area contributed by atoms with Gasteiger partial charge in [-0.2, -0.15) is 0 Å². The summed E-state index contributed by atoms with van der Waals surface area (Å²) in [6.07, 6.45) is 1.31. The standard InChI is InChI=1S/C12H14N2O/c1-13-8-12(15)10-4-5-11-9(7-10)3-2-6-14-11/h2-7,12-13,15H,8H2,1H3. The van der Waals surface area contributed by atoms with Gasteiger partial charge in [0.25, 0.3) is 0 Å². The van der Waals surface area contributed by atoms with E-state index in [9.17, 15) is 5.11 Å². The Morgan fingerprint density at radius 3 is 3.07 bits per heavy atom. The number of fused-ring (bicyclic) bond motifs is 1. The zero-order chi connectivity index (χ0) is 10.7. The molecule has 0 aliphatic carbocycles. The Hall–Kier alpha value is -1.45. The monoisotopic (exact) mass is 202 g/mol. The van der Waals surface area contributed by atoms with Crippen LogP contribution in [0.25, 0.3) is 10.9 Å². The molecule has 0 amide bonds. The molecule has 78 valence electrons. The zero-order valence-electron chi connectivity index (χ0n) is 8.64. The number of hydrogen-bond donors (Lipinski definition) is 2. The molecule has 0 aliphatic rings. The highest BCUT2D eigenvalue weighted by atomic mass is 16.3. The lowest BCUT2D eigenvalue weighted by atomic mass is 10.1. The molecule has 0 aliphatic heterocycles. The molecule has 2 N–H and O–H groups in total. The molecule has 3 heteroatoms. The number of nitrogens with zero attached hydrogens (tertiary/aromatic N) is 1. The first kappa shape index (κ1) is 10.1. The number of pyridine rings is 1.